The Bertz CT molecular complexity index is 426. The Kier molecular flexibility index (Phi) is 5.88. The van der Waals surface area contributed by atoms with Crippen molar-refractivity contribution in [2.45, 2.75) is 52.1 Å². The van der Waals surface area contributed by atoms with Crippen LogP contribution in [0.15, 0.2) is 12.1 Å². The maximum atomic E-state index is 11.6. The number of rotatable bonds is 5. The highest BCUT2D eigenvalue weighted by molar-refractivity contribution is 5.87. The smallest absolute Gasteiger partial charge is 0.320 e. The van der Waals surface area contributed by atoms with Crippen LogP contribution in [0.4, 0.5) is 10.6 Å². The minimum Gasteiger partial charge on any atom is -0.393 e. The molecule has 1 aromatic rings. The predicted octanol–water partition coefficient (Wildman–Crippen LogP) is 2.06. The number of amides is 2. The van der Waals surface area contributed by atoms with Gasteiger partial charge in [-0.05, 0) is 25.0 Å². The fourth-order valence-corrected chi connectivity index (χ4v) is 1.52. The molecule has 0 saturated carbocycles. The fraction of sp³-hybridized carbons (Fsp3) is 0.643. The summed E-state index contributed by atoms with van der Waals surface area (Å²) in [6.45, 7) is 8.48. The highest BCUT2D eigenvalue weighted by atomic mass is 16.3. The number of aliphatic hydroxyl groups is 1. The van der Waals surface area contributed by atoms with E-state index in [-0.39, 0.29) is 17.6 Å². The van der Waals surface area contributed by atoms with E-state index in [0.717, 1.165) is 5.69 Å². The van der Waals surface area contributed by atoms with Gasteiger partial charge in [0, 0.05) is 12.0 Å². The summed E-state index contributed by atoms with van der Waals surface area (Å²) in [6.07, 6.45) is 0.850. The minimum absolute atomic E-state index is 0.0654. The van der Waals surface area contributed by atoms with Crippen molar-refractivity contribution in [2.75, 3.05) is 11.9 Å². The third kappa shape index (κ3) is 5.52. The van der Waals surface area contributed by atoms with Crippen LogP contribution in [0.2, 0.25) is 0 Å². The highest BCUT2D eigenvalue weighted by Gasteiger charge is 2.15. The molecular formula is C14H24N4O2. The first-order valence-corrected chi connectivity index (χ1v) is 6.90. The zero-order chi connectivity index (χ0) is 15.2. The first-order valence-electron chi connectivity index (χ1n) is 6.90. The number of urea groups is 1. The normalized spacial score (nSPS) is 12.8. The largest absolute Gasteiger partial charge is 0.393 e. The van der Waals surface area contributed by atoms with Crippen molar-refractivity contribution in [3.63, 3.8) is 0 Å². The van der Waals surface area contributed by atoms with Gasteiger partial charge in [-0.15, -0.1) is 5.10 Å². The van der Waals surface area contributed by atoms with Crippen molar-refractivity contribution in [3.05, 3.63) is 17.8 Å². The van der Waals surface area contributed by atoms with E-state index in [0.29, 0.717) is 25.2 Å². The Labute approximate surface area is 120 Å². The van der Waals surface area contributed by atoms with E-state index in [1.807, 2.05) is 13.0 Å². The van der Waals surface area contributed by atoms with E-state index in [1.54, 1.807) is 6.07 Å². The average Bonchev–Trinajstić information content (AvgIpc) is 2.38. The lowest BCUT2D eigenvalue weighted by Crippen LogP contribution is -2.31. The van der Waals surface area contributed by atoms with E-state index in [9.17, 15) is 9.90 Å². The monoisotopic (exact) mass is 280 g/mol. The fourth-order valence-electron chi connectivity index (χ4n) is 1.52. The van der Waals surface area contributed by atoms with Gasteiger partial charge in [-0.25, -0.2) is 4.79 Å². The van der Waals surface area contributed by atoms with Crippen LogP contribution >= 0.6 is 0 Å². The number of carbonyl (C=O) groups is 1. The molecule has 0 saturated heterocycles. The zero-order valence-corrected chi connectivity index (χ0v) is 12.6. The van der Waals surface area contributed by atoms with E-state index in [4.69, 9.17) is 0 Å². The zero-order valence-electron chi connectivity index (χ0n) is 12.6. The molecular weight excluding hydrogens is 256 g/mol. The van der Waals surface area contributed by atoms with Gasteiger partial charge in [0.2, 0.25) is 0 Å². The summed E-state index contributed by atoms with van der Waals surface area (Å²) in [5, 5.41) is 22.7. The van der Waals surface area contributed by atoms with Crippen molar-refractivity contribution < 1.29 is 9.90 Å². The Morgan fingerprint density at radius 3 is 2.55 bits per heavy atom. The van der Waals surface area contributed by atoms with Crippen LogP contribution in [-0.4, -0.2) is 34.0 Å². The molecule has 6 nitrogen and oxygen atoms in total. The van der Waals surface area contributed by atoms with Gasteiger partial charge in [0.15, 0.2) is 5.82 Å². The summed E-state index contributed by atoms with van der Waals surface area (Å²) in [7, 11) is 0. The molecule has 0 aliphatic heterocycles. The van der Waals surface area contributed by atoms with Crippen LogP contribution in [0.5, 0.6) is 0 Å². The summed E-state index contributed by atoms with van der Waals surface area (Å²) < 4.78 is 0. The second kappa shape index (κ2) is 7.19. The molecule has 0 spiro atoms. The summed E-state index contributed by atoms with van der Waals surface area (Å²) in [5.41, 5.74) is 0.805. The van der Waals surface area contributed by atoms with Gasteiger partial charge >= 0.3 is 6.03 Å². The number of aromatic nitrogens is 2. The molecule has 1 unspecified atom stereocenters. The molecule has 0 aromatic carbocycles. The van der Waals surface area contributed by atoms with Crippen molar-refractivity contribution in [2.24, 2.45) is 0 Å². The lowest BCUT2D eigenvalue weighted by atomic mass is 9.92. The molecule has 2 amide bonds. The summed E-state index contributed by atoms with van der Waals surface area (Å²) in [5.74, 6) is 0.409. The minimum atomic E-state index is -0.374. The molecule has 6 heteroatoms. The van der Waals surface area contributed by atoms with Gasteiger partial charge in [-0.2, -0.15) is 5.10 Å². The molecule has 1 heterocycles. The quantitative estimate of drug-likeness (QED) is 0.770. The first-order chi connectivity index (χ1) is 9.32. The molecule has 112 valence electrons. The Balaban J connectivity index is 2.43. The van der Waals surface area contributed by atoms with Gasteiger partial charge in [0.1, 0.15) is 0 Å². The lowest BCUT2D eigenvalue weighted by molar-refractivity contribution is 0.160. The maximum absolute atomic E-state index is 11.6. The van der Waals surface area contributed by atoms with Crippen LogP contribution in [-0.2, 0) is 5.41 Å². The molecule has 0 fully saturated rings. The molecule has 1 rings (SSSR count). The number of anilines is 1. The third-order valence-corrected chi connectivity index (χ3v) is 2.91. The predicted molar refractivity (Wildman–Crippen MR) is 78.7 cm³/mol. The molecule has 3 N–H and O–H groups in total. The van der Waals surface area contributed by atoms with Crippen molar-refractivity contribution in [1.82, 2.24) is 15.5 Å². The standard InChI is InChI=1S/C14H24N4O2/c1-5-10(19)8-9-15-13(20)16-12-7-6-11(17-18-12)14(2,3)4/h6-7,10,19H,5,8-9H2,1-4H3,(H2,15,16,18,20). The van der Waals surface area contributed by atoms with E-state index in [2.05, 4.69) is 41.6 Å². The highest BCUT2D eigenvalue weighted by Crippen LogP contribution is 2.19. The van der Waals surface area contributed by atoms with Crippen molar-refractivity contribution in [1.29, 1.82) is 0 Å². The summed E-state index contributed by atoms with van der Waals surface area (Å²) in [6, 6.07) is 3.24. The number of hydrogen-bond acceptors (Lipinski definition) is 4. The first kappa shape index (κ1) is 16.4. The third-order valence-electron chi connectivity index (χ3n) is 2.91. The Morgan fingerprint density at radius 1 is 1.35 bits per heavy atom. The number of aliphatic hydroxyl groups excluding tert-OH is 1. The van der Waals surface area contributed by atoms with Crippen LogP contribution in [0, 0.1) is 0 Å². The number of hydrogen-bond donors (Lipinski definition) is 3. The molecule has 0 radical (unpaired) electrons. The topological polar surface area (TPSA) is 87.1 Å². The Morgan fingerprint density at radius 2 is 2.05 bits per heavy atom. The molecule has 1 aromatic heterocycles. The van der Waals surface area contributed by atoms with Gasteiger partial charge in [-0.3, -0.25) is 5.32 Å². The van der Waals surface area contributed by atoms with Gasteiger partial charge in [0.25, 0.3) is 0 Å². The lowest BCUT2D eigenvalue weighted by Gasteiger charge is -2.16. The van der Waals surface area contributed by atoms with Crippen LogP contribution in [0.25, 0.3) is 0 Å². The SMILES string of the molecule is CCC(O)CCNC(=O)Nc1ccc(C(C)(C)C)nn1. The molecule has 1 atom stereocenters. The molecule has 0 aliphatic rings. The Hall–Kier alpha value is -1.69. The summed E-state index contributed by atoms with van der Waals surface area (Å²) >= 11 is 0. The number of nitrogens with one attached hydrogen (secondary N) is 2. The van der Waals surface area contributed by atoms with Crippen molar-refractivity contribution >= 4 is 11.8 Å². The van der Waals surface area contributed by atoms with Gasteiger partial charge in [0.05, 0.1) is 11.8 Å². The number of carbonyl (C=O) groups excluding carboxylic acids is 1. The van der Waals surface area contributed by atoms with E-state index >= 15 is 0 Å². The van der Waals surface area contributed by atoms with Gasteiger partial charge in [-0.1, -0.05) is 27.7 Å². The van der Waals surface area contributed by atoms with Crippen LogP contribution in [0.3, 0.4) is 0 Å². The van der Waals surface area contributed by atoms with Gasteiger partial charge < -0.3 is 10.4 Å². The van der Waals surface area contributed by atoms with E-state index < -0.39 is 0 Å². The maximum Gasteiger partial charge on any atom is 0.320 e. The van der Waals surface area contributed by atoms with E-state index in [1.165, 1.54) is 0 Å². The van der Waals surface area contributed by atoms with Crippen molar-refractivity contribution in [3.8, 4) is 0 Å². The molecule has 20 heavy (non-hydrogen) atoms. The molecule has 0 aliphatic carbocycles. The summed E-state index contributed by atoms with van der Waals surface area (Å²) in [4.78, 5) is 11.6. The average molecular weight is 280 g/mol. The second-order valence-electron chi connectivity index (χ2n) is 5.79. The van der Waals surface area contributed by atoms with Crippen LogP contribution < -0.4 is 10.6 Å². The molecule has 0 bridgehead atoms. The number of nitrogens with zero attached hydrogens (tertiary/aromatic N) is 2. The second-order valence-corrected chi connectivity index (χ2v) is 5.79. The van der Waals surface area contributed by atoms with Crippen LogP contribution in [0.1, 0.15) is 46.2 Å².